The maximum atomic E-state index is 5.62. The minimum atomic E-state index is -0.0134. The Morgan fingerprint density at radius 2 is 1.84 bits per heavy atom. The van der Waals surface area contributed by atoms with Gasteiger partial charge in [0, 0.05) is 33.1 Å². The average Bonchev–Trinajstić information content (AvgIpc) is 2.48. The summed E-state index contributed by atoms with van der Waals surface area (Å²) in [6.45, 7) is 4.81. The molecule has 104 valence electrons. The fourth-order valence-electron chi connectivity index (χ4n) is 2.76. The third-order valence-corrected chi connectivity index (χ3v) is 3.87. The number of benzene rings is 1. The third-order valence-electron chi connectivity index (χ3n) is 3.87. The molecule has 0 unspecified atom stereocenters. The van der Waals surface area contributed by atoms with Gasteiger partial charge in [-0.3, -0.25) is 0 Å². The highest BCUT2D eigenvalue weighted by Gasteiger charge is 2.21. The van der Waals surface area contributed by atoms with Crippen LogP contribution in [-0.4, -0.2) is 46.2 Å². The fraction of sp³-hybridized carbons (Fsp3) is 0.600. The number of anilines is 2. The molecule has 0 radical (unpaired) electrons. The van der Waals surface area contributed by atoms with E-state index in [-0.39, 0.29) is 6.29 Å². The van der Waals surface area contributed by atoms with Gasteiger partial charge in [-0.1, -0.05) is 12.1 Å². The van der Waals surface area contributed by atoms with Crippen LogP contribution in [0.4, 0.5) is 11.4 Å². The van der Waals surface area contributed by atoms with Crippen molar-refractivity contribution in [3.05, 3.63) is 24.3 Å². The van der Waals surface area contributed by atoms with Gasteiger partial charge in [0.15, 0.2) is 6.29 Å². The molecule has 19 heavy (non-hydrogen) atoms. The Morgan fingerprint density at radius 1 is 1.11 bits per heavy atom. The minimum Gasteiger partial charge on any atom is -0.371 e. The standard InChI is InChI=1S/C15H22N2O2/c1-16-9-10-17(14-6-3-2-5-13(14)16)8-7-15-18-11-4-12-19-15/h2-3,5-6,15H,4,7-12H2,1H3. The molecule has 1 saturated heterocycles. The highest BCUT2D eigenvalue weighted by molar-refractivity contribution is 5.72. The molecule has 0 amide bonds. The van der Waals surface area contributed by atoms with Gasteiger partial charge in [-0.2, -0.15) is 0 Å². The zero-order valence-corrected chi connectivity index (χ0v) is 11.5. The number of hydrogen-bond donors (Lipinski definition) is 0. The molecule has 0 atom stereocenters. The van der Waals surface area contributed by atoms with Crippen LogP contribution in [0.1, 0.15) is 12.8 Å². The molecule has 4 nitrogen and oxygen atoms in total. The van der Waals surface area contributed by atoms with Crippen molar-refractivity contribution < 1.29 is 9.47 Å². The van der Waals surface area contributed by atoms with Crippen LogP contribution in [0.2, 0.25) is 0 Å². The van der Waals surface area contributed by atoms with E-state index in [9.17, 15) is 0 Å². The quantitative estimate of drug-likeness (QED) is 0.833. The summed E-state index contributed by atoms with van der Waals surface area (Å²) in [5, 5.41) is 0. The van der Waals surface area contributed by atoms with Gasteiger partial charge in [-0.25, -0.2) is 0 Å². The van der Waals surface area contributed by atoms with Crippen molar-refractivity contribution in [1.29, 1.82) is 0 Å². The van der Waals surface area contributed by atoms with E-state index < -0.39 is 0 Å². The molecule has 1 aromatic rings. The monoisotopic (exact) mass is 262 g/mol. The number of rotatable bonds is 3. The van der Waals surface area contributed by atoms with Crippen LogP contribution in [0.25, 0.3) is 0 Å². The van der Waals surface area contributed by atoms with Crippen molar-refractivity contribution in [2.24, 2.45) is 0 Å². The van der Waals surface area contributed by atoms with Crippen molar-refractivity contribution in [2.45, 2.75) is 19.1 Å². The fourth-order valence-corrected chi connectivity index (χ4v) is 2.76. The van der Waals surface area contributed by atoms with Crippen LogP contribution in [0.5, 0.6) is 0 Å². The van der Waals surface area contributed by atoms with Crippen molar-refractivity contribution in [3.63, 3.8) is 0 Å². The van der Waals surface area contributed by atoms with Crippen LogP contribution >= 0.6 is 0 Å². The molecule has 4 heteroatoms. The number of likely N-dealkylation sites (N-methyl/N-ethyl adjacent to an activating group) is 1. The second-order valence-corrected chi connectivity index (χ2v) is 5.21. The lowest BCUT2D eigenvalue weighted by molar-refractivity contribution is -0.179. The van der Waals surface area contributed by atoms with Crippen LogP contribution in [-0.2, 0) is 9.47 Å². The number of nitrogens with zero attached hydrogens (tertiary/aromatic N) is 2. The smallest absolute Gasteiger partial charge is 0.159 e. The summed E-state index contributed by atoms with van der Waals surface area (Å²) in [6.07, 6.45) is 1.95. The summed E-state index contributed by atoms with van der Waals surface area (Å²) in [7, 11) is 2.16. The van der Waals surface area contributed by atoms with E-state index in [1.807, 2.05) is 0 Å². The van der Waals surface area contributed by atoms with Gasteiger partial charge in [0.05, 0.1) is 24.6 Å². The maximum absolute atomic E-state index is 5.62. The lowest BCUT2D eigenvalue weighted by atomic mass is 10.1. The van der Waals surface area contributed by atoms with Crippen molar-refractivity contribution in [3.8, 4) is 0 Å². The van der Waals surface area contributed by atoms with Gasteiger partial charge in [0.1, 0.15) is 0 Å². The molecule has 3 rings (SSSR count). The summed E-state index contributed by atoms with van der Waals surface area (Å²) in [4.78, 5) is 4.76. The van der Waals surface area contributed by atoms with Crippen LogP contribution in [0, 0.1) is 0 Å². The van der Waals surface area contributed by atoms with Crippen molar-refractivity contribution in [2.75, 3.05) is 49.7 Å². The van der Waals surface area contributed by atoms with E-state index in [0.717, 1.165) is 45.7 Å². The van der Waals surface area contributed by atoms with E-state index in [4.69, 9.17) is 9.47 Å². The first-order chi connectivity index (χ1) is 9.34. The molecule has 2 heterocycles. The first-order valence-corrected chi connectivity index (χ1v) is 7.13. The lowest BCUT2D eigenvalue weighted by Crippen LogP contribution is -2.41. The van der Waals surface area contributed by atoms with E-state index in [1.165, 1.54) is 11.4 Å². The van der Waals surface area contributed by atoms with Crippen LogP contribution < -0.4 is 9.80 Å². The normalized spacial score (nSPS) is 20.5. The lowest BCUT2D eigenvalue weighted by Gasteiger charge is -2.37. The Balaban J connectivity index is 1.64. The van der Waals surface area contributed by atoms with Gasteiger partial charge < -0.3 is 19.3 Å². The Labute approximate surface area is 114 Å². The van der Waals surface area contributed by atoms with Gasteiger partial charge in [-0.15, -0.1) is 0 Å². The van der Waals surface area contributed by atoms with Gasteiger partial charge in [-0.05, 0) is 18.6 Å². The Bertz CT molecular complexity index is 418. The van der Waals surface area contributed by atoms with Gasteiger partial charge in [0.25, 0.3) is 0 Å². The minimum absolute atomic E-state index is 0.0134. The summed E-state index contributed by atoms with van der Waals surface area (Å²) in [5.74, 6) is 0. The average molecular weight is 262 g/mol. The molecule has 0 aromatic heterocycles. The molecule has 2 aliphatic heterocycles. The molecule has 0 aliphatic carbocycles. The summed E-state index contributed by atoms with van der Waals surface area (Å²) in [5.41, 5.74) is 2.64. The molecule has 1 aromatic carbocycles. The predicted molar refractivity (Wildman–Crippen MR) is 76.9 cm³/mol. The van der Waals surface area contributed by atoms with Crippen molar-refractivity contribution in [1.82, 2.24) is 0 Å². The zero-order valence-electron chi connectivity index (χ0n) is 11.5. The predicted octanol–water partition coefficient (Wildman–Crippen LogP) is 2.10. The Kier molecular flexibility index (Phi) is 3.89. The molecule has 1 fully saturated rings. The summed E-state index contributed by atoms with van der Waals surface area (Å²) < 4.78 is 11.2. The summed E-state index contributed by atoms with van der Waals surface area (Å²) >= 11 is 0. The van der Waals surface area contributed by atoms with E-state index >= 15 is 0 Å². The number of ether oxygens (including phenoxy) is 2. The molecule has 0 saturated carbocycles. The maximum Gasteiger partial charge on any atom is 0.159 e. The van der Waals surface area contributed by atoms with E-state index in [0.29, 0.717) is 0 Å². The number of para-hydroxylation sites is 2. The molecular weight excluding hydrogens is 240 g/mol. The highest BCUT2D eigenvalue weighted by Crippen LogP contribution is 2.31. The SMILES string of the molecule is CN1CCN(CCC2OCCCO2)c2ccccc21. The molecular formula is C15H22N2O2. The van der Waals surface area contributed by atoms with E-state index in [1.54, 1.807) is 0 Å². The summed E-state index contributed by atoms with van der Waals surface area (Å²) in [6, 6.07) is 8.60. The Hall–Kier alpha value is -1.26. The molecule has 0 N–H and O–H groups in total. The topological polar surface area (TPSA) is 24.9 Å². The second kappa shape index (κ2) is 5.80. The Morgan fingerprint density at radius 3 is 2.63 bits per heavy atom. The number of fused-ring (bicyclic) bond motifs is 1. The van der Waals surface area contributed by atoms with Crippen LogP contribution in [0.3, 0.4) is 0 Å². The second-order valence-electron chi connectivity index (χ2n) is 5.21. The van der Waals surface area contributed by atoms with Crippen LogP contribution in [0.15, 0.2) is 24.3 Å². The molecule has 2 aliphatic rings. The van der Waals surface area contributed by atoms with E-state index in [2.05, 4.69) is 41.1 Å². The largest absolute Gasteiger partial charge is 0.371 e. The molecule has 0 spiro atoms. The zero-order chi connectivity index (χ0) is 13.1. The van der Waals surface area contributed by atoms with Crippen molar-refractivity contribution >= 4 is 11.4 Å². The molecule has 0 bridgehead atoms. The third kappa shape index (κ3) is 2.85. The van der Waals surface area contributed by atoms with Gasteiger partial charge >= 0.3 is 0 Å². The first-order valence-electron chi connectivity index (χ1n) is 7.13. The van der Waals surface area contributed by atoms with Gasteiger partial charge in [0.2, 0.25) is 0 Å². The highest BCUT2D eigenvalue weighted by atomic mass is 16.7. The number of hydrogen-bond acceptors (Lipinski definition) is 4. The first kappa shape index (κ1) is 12.8.